The number of aryl methyl sites for hydroxylation is 1. The molecule has 0 aliphatic rings. The first kappa shape index (κ1) is 16.0. The third kappa shape index (κ3) is 3.08. The van der Waals surface area contributed by atoms with Gasteiger partial charge in [0.15, 0.2) is 0 Å². The van der Waals surface area contributed by atoms with Crippen LogP contribution in [-0.4, -0.2) is 23.4 Å². The van der Waals surface area contributed by atoms with Crippen LogP contribution in [0, 0.1) is 17.0 Å². The van der Waals surface area contributed by atoms with Gasteiger partial charge in [0.1, 0.15) is 6.04 Å². The molecule has 1 aromatic carbocycles. The molecule has 0 unspecified atom stereocenters. The topological polar surface area (TPSA) is 95.5 Å². The maximum absolute atomic E-state index is 13.7. The lowest BCUT2D eigenvalue weighted by Crippen LogP contribution is -2.41. The van der Waals surface area contributed by atoms with Crippen molar-refractivity contribution in [2.75, 3.05) is 6.61 Å². The van der Waals surface area contributed by atoms with Crippen LogP contribution in [0.4, 0.5) is 14.5 Å². The van der Waals surface area contributed by atoms with E-state index in [1.165, 1.54) is 26.0 Å². The van der Waals surface area contributed by atoms with Crippen LogP contribution in [-0.2, 0) is 9.53 Å². The number of rotatable bonds is 5. The second kappa shape index (κ2) is 5.91. The first-order chi connectivity index (χ1) is 9.21. The van der Waals surface area contributed by atoms with Gasteiger partial charge in [0.2, 0.25) is 0 Å². The number of carbonyl (C=O) groups is 1. The Balaban J connectivity index is 3.14. The van der Waals surface area contributed by atoms with Crippen molar-refractivity contribution in [3.05, 3.63) is 39.4 Å². The molecule has 0 fully saturated rings. The lowest BCUT2D eigenvalue weighted by Gasteiger charge is -2.21. The molecule has 20 heavy (non-hydrogen) atoms. The SMILES string of the molecule is CCOC(=O)C(F)(F)[C@@H](N)c1ccc(C)c([N+](=O)[O-])c1. The molecule has 8 heteroatoms. The first-order valence-electron chi connectivity index (χ1n) is 5.77. The van der Waals surface area contributed by atoms with Crippen LogP contribution in [0.15, 0.2) is 18.2 Å². The third-order valence-electron chi connectivity index (χ3n) is 2.73. The molecule has 1 atom stereocenters. The zero-order chi connectivity index (χ0) is 15.5. The summed E-state index contributed by atoms with van der Waals surface area (Å²) in [6, 6.07) is 1.45. The minimum atomic E-state index is -3.96. The number of ether oxygens (including phenoxy) is 1. The van der Waals surface area contributed by atoms with Gasteiger partial charge in [-0.1, -0.05) is 12.1 Å². The number of hydrogen-bond acceptors (Lipinski definition) is 5. The van der Waals surface area contributed by atoms with Crippen LogP contribution in [0.25, 0.3) is 0 Å². The van der Waals surface area contributed by atoms with Gasteiger partial charge in [-0.25, -0.2) is 4.79 Å². The number of nitrogens with two attached hydrogens (primary N) is 1. The zero-order valence-electron chi connectivity index (χ0n) is 10.9. The maximum atomic E-state index is 13.7. The van der Waals surface area contributed by atoms with Crippen LogP contribution in [0.3, 0.4) is 0 Å². The van der Waals surface area contributed by atoms with Crippen LogP contribution in [0.5, 0.6) is 0 Å². The molecule has 0 bridgehead atoms. The third-order valence-corrected chi connectivity index (χ3v) is 2.73. The summed E-state index contributed by atoms with van der Waals surface area (Å²) in [6.07, 6.45) is 0. The smallest absolute Gasteiger partial charge is 0.379 e. The van der Waals surface area contributed by atoms with E-state index in [9.17, 15) is 23.7 Å². The summed E-state index contributed by atoms with van der Waals surface area (Å²) in [6.45, 7) is 2.64. The minimum Gasteiger partial charge on any atom is -0.462 e. The van der Waals surface area contributed by atoms with Gasteiger partial charge in [-0.3, -0.25) is 10.1 Å². The average Bonchev–Trinajstić information content (AvgIpc) is 2.38. The molecule has 1 aromatic rings. The van der Waals surface area contributed by atoms with E-state index >= 15 is 0 Å². The molecule has 0 radical (unpaired) electrons. The Morgan fingerprint density at radius 2 is 2.15 bits per heavy atom. The van der Waals surface area contributed by atoms with E-state index in [2.05, 4.69) is 4.74 Å². The molecule has 0 heterocycles. The number of hydrogen-bond donors (Lipinski definition) is 1. The predicted octanol–water partition coefficient (Wildman–Crippen LogP) is 2.10. The van der Waals surface area contributed by atoms with Gasteiger partial charge >= 0.3 is 11.9 Å². The summed E-state index contributed by atoms with van der Waals surface area (Å²) in [5, 5.41) is 10.8. The van der Waals surface area contributed by atoms with Gasteiger partial charge in [0, 0.05) is 11.6 Å². The number of nitrogens with zero attached hydrogens (tertiary/aromatic N) is 1. The first-order valence-corrected chi connectivity index (χ1v) is 5.77. The van der Waals surface area contributed by atoms with E-state index in [1.54, 1.807) is 0 Å². The minimum absolute atomic E-state index is 0.208. The van der Waals surface area contributed by atoms with Crippen molar-refractivity contribution in [1.82, 2.24) is 0 Å². The Morgan fingerprint density at radius 1 is 1.55 bits per heavy atom. The molecular formula is C12H14F2N2O4. The highest BCUT2D eigenvalue weighted by atomic mass is 19.3. The molecule has 110 valence electrons. The van der Waals surface area contributed by atoms with Crippen molar-refractivity contribution in [2.24, 2.45) is 5.73 Å². The van der Waals surface area contributed by atoms with E-state index in [1.807, 2.05) is 0 Å². The Kier molecular flexibility index (Phi) is 4.72. The largest absolute Gasteiger partial charge is 0.462 e. The van der Waals surface area contributed by atoms with Crippen LogP contribution in [0.1, 0.15) is 24.1 Å². The Hall–Kier alpha value is -2.09. The summed E-state index contributed by atoms with van der Waals surface area (Å²) in [4.78, 5) is 21.2. The van der Waals surface area contributed by atoms with E-state index in [0.717, 1.165) is 6.07 Å². The maximum Gasteiger partial charge on any atom is 0.379 e. The number of nitro groups is 1. The van der Waals surface area contributed by atoms with E-state index in [-0.39, 0.29) is 17.9 Å². The normalized spacial score (nSPS) is 12.8. The van der Waals surface area contributed by atoms with E-state index < -0.39 is 22.9 Å². The Labute approximate surface area is 113 Å². The fourth-order valence-corrected chi connectivity index (χ4v) is 1.58. The van der Waals surface area contributed by atoms with Gasteiger partial charge in [-0.2, -0.15) is 8.78 Å². The highest BCUT2D eigenvalue weighted by molar-refractivity contribution is 5.79. The number of halogens is 2. The number of carbonyl (C=O) groups excluding carboxylic acids is 1. The van der Waals surface area contributed by atoms with Gasteiger partial charge in [0.05, 0.1) is 11.5 Å². The van der Waals surface area contributed by atoms with E-state index in [4.69, 9.17) is 5.73 Å². The Bertz CT molecular complexity index is 534. The van der Waals surface area contributed by atoms with Crippen molar-refractivity contribution in [2.45, 2.75) is 25.8 Å². The molecule has 0 aromatic heterocycles. The van der Waals surface area contributed by atoms with Crippen molar-refractivity contribution >= 4 is 11.7 Å². The molecule has 2 N–H and O–H groups in total. The molecule has 0 amide bonds. The average molecular weight is 288 g/mol. The summed E-state index contributed by atoms with van der Waals surface area (Å²) >= 11 is 0. The highest BCUT2D eigenvalue weighted by Gasteiger charge is 2.48. The monoisotopic (exact) mass is 288 g/mol. The fraction of sp³-hybridized carbons (Fsp3) is 0.417. The lowest BCUT2D eigenvalue weighted by molar-refractivity contribution is -0.385. The highest BCUT2D eigenvalue weighted by Crippen LogP contribution is 2.33. The van der Waals surface area contributed by atoms with Gasteiger partial charge in [-0.05, 0) is 19.4 Å². The van der Waals surface area contributed by atoms with Crippen molar-refractivity contribution < 1.29 is 23.2 Å². The molecule has 0 spiro atoms. The number of nitro benzene ring substituents is 1. The summed E-state index contributed by atoms with van der Waals surface area (Å²) in [5.74, 6) is -5.71. The van der Waals surface area contributed by atoms with Crippen molar-refractivity contribution in [3.63, 3.8) is 0 Å². The number of benzene rings is 1. The second-order valence-corrected chi connectivity index (χ2v) is 4.12. The van der Waals surface area contributed by atoms with Crippen LogP contribution >= 0.6 is 0 Å². The van der Waals surface area contributed by atoms with Crippen LogP contribution < -0.4 is 5.73 Å². The standard InChI is InChI=1S/C12H14F2N2O4/c1-3-20-11(17)12(13,14)10(15)8-5-4-7(2)9(6-8)16(18)19/h4-6,10H,3,15H2,1-2H3/t10-/m0/s1. The molecule has 6 nitrogen and oxygen atoms in total. The van der Waals surface area contributed by atoms with Gasteiger partial charge < -0.3 is 10.5 Å². The van der Waals surface area contributed by atoms with Crippen molar-refractivity contribution in [3.8, 4) is 0 Å². The second-order valence-electron chi connectivity index (χ2n) is 4.12. The van der Waals surface area contributed by atoms with E-state index in [0.29, 0.717) is 5.56 Å². The van der Waals surface area contributed by atoms with Gasteiger partial charge in [0.25, 0.3) is 5.69 Å². The van der Waals surface area contributed by atoms with Crippen LogP contribution in [0.2, 0.25) is 0 Å². The number of esters is 1. The van der Waals surface area contributed by atoms with Gasteiger partial charge in [-0.15, -0.1) is 0 Å². The Morgan fingerprint density at radius 3 is 2.65 bits per heavy atom. The summed E-state index contributed by atoms with van der Waals surface area (Å²) in [5.41, 5.74) is 5.12. The number of alkyl halides is 2. The lowest BCUT2D eigenvalue weighted by atomic mass is 9.99. The molecule has 0 aliphatic heterocycles. The zero-order valence-corrected chi connectivity index (χ0v) is 10.9. The molecular weight excluding hydrogens is 274 g/mol. The quantitative estimate of drug-likeness (QED) is 0.508. The van der Waals surface area contributed by atoms with Crippen molar-refractivity contribution in [1.29, 1.82) is 0 Å². The molecule has 0 aliphatic carbocycles. The fourth-order valence-electron chi connectivity index (χ4n) is 1.58. The summed E-state index contributed by atoms with van der Waals surface area (Å²) < 4.78 is 31.7. The molecule has 1 rings (SSSR count). The molecule has 0 saturated heterocycles. The predicted molar refractivity (Wildman–Crippen MR) is 66.3 cm³/mol. The summed E-state index contributed by atoms with van der Waals surface area (Å²) in [7, 11) is 0. The molecule has 0 saturated carbocycles.